The number of hydrogen-bond donors (Lipinski definition) is 1. The Hall–Kier alpha value is -2.77. The Labute approximate surface area is 150 Å². The molecule has 8 heteroatoms. The standard InChI is InChI=1S/C18H23N3O5/c1-17(2,3)26-16(24)21-9-8-20(14(22)18(21,4)5)11-6-7-12-13(10-11)25-15(23)19-12/h6-7,10H,8-9H2,1-5H3,(H,19,23). The number of nitrogens with zero attached hydrogens (tertiary/aromatic N) is 2. The number of ether oxygens (including phenoxy) is 1. The number of rotatable bonds is 1. The van der Waals surface area contributed by atoms with Crippen molar-refractivity contribution in [3.8, 4) is 0 Å². The molecule has 1 aromatic heterocycles. The van der Waals surface area contributed by atoms with E-state index in [1.165, 1.54) is 4.90 Å². The molecule has 1 fully saturated rings. The molecule has 0 spiro atoms. The summed E-state index contributed by atoms with van der Waals surface area (Å²) in [4.78, 5) is 42.4. The quantitative estimate of drug-likeness (QED) is 0.842. The van der Waals surface area contributed by atoms with Gasteiger partial charge in [0.15, 0.2) is 5.58 Å². The fourth-order valence-electron chi connectivity index (χ4n) is 3.01. The minimum atomic E-state index is -1.06. The van der Waals surface area contributed by atoms with Gasteiger partial charge in [0.25, 0.3) is 5.91 Å². The van der Waals surface area contributed by atoms with Gasteiger partial charge in [0, 0.05) is 24.8 Å². The Bertz CT molecular complexity index is 919. The summed E-state index contributed by atoms with van der Waals surface area (Å²) in [6.07, 6.45) is -0.511. The first-order chi connectivity index (χ1) is 12.0. The van der Waals surface area contributed by atoms with Crippen molar-refractivity contribution in [3.63, 3.8) is 0 Å². The lowest BCUT2D eigenvalue weighted by Gasteiger charge is -2.45. The van der Waals surface area contributed by atoms with Crippen LogP contribution >= 0.6 is 0 Å². The topological polar surface area (TPSA) is 95.8 Å². The average Bonchev–Trinajstić information content (AvgIpc) is 2.87. The normalized spacial score (nSPS) is 17.7. The largest absolute Gasteiger partial charge is 0.444 e. The molecule has 1 aromatic carbocycles. The maximum absolute atomic E-state index is 13.0. The van der Waals surface area contributed by atoms with Crippen LogP contribution in [0.4, 0.5) is 10.5 Å². The van der Waals surface area contributed by atoms with E-state index in [-0.39, 0.29) is 5.91 Å². The number of oxazole rings is 1. The highest BCUT2D eigenvalue weighted by molar-refractivity contribution is 6.03. The number of nitrogens with one attached hydrogen (secondary N) is 1. The van der Waals surface area contributed by atoms with Crippen LogP contribution in [-0.2, 0) is 9.53 Å². The van der Waals surface area contributed by atoms with Gasteiger partial charge in [-0.1, -0.05) is 0 Å². The van der Waals surface area contributed by atoms with Crippen LogP contribution in [0.2, 0.25) is 0 Å². The molecule has 3 rings (SSSR count). The second kappa shape index (κ2) is 5.89. The second-order valence-corrected chi connectivity index (χ2v) is 7.84. The van der Waals surface area contributed by atoms with E-state index in [4.69, 9.17) is 9.15 Å². The number of hydrogen-bond acceptors (Lipinski definition) is 5. The Kier molecular flexibility index (Phi) is 4.09. The van der Waals surface area contributed by atoms with Crippen molar-refractivity contribution in [2.45, 2.75) is 45.8 Å². The third-order valence-corrected chi connectivity index (χ3v) is 4.32. The van der Waals surface area contributed by atoms with Gasteiger partial charge in [-0.25, -0.2) is 9.59 Å². The van der Waals surface area contributed by atoms with E-state index in [0.29, 0.717) is 29.9 Å². The fraction of sp³-hybridized carbons (Fsp3) is 0.500. The van der Waals surface area contributed by atoms with Crippen molar-refractivity contribution in [2.24, 2.45) is 0 Å². The first-order valence-corrected chi connectivity index (χ1v) is 8.44. The molecular formula is C18H23N3O5. The number of amides is 2. The zero-order valence-corrected chi connectivity index (χ0v) is 15.6. The van der Waals surface area contributed by atoms with E-state index >= 15 is 0 Å². The maximum Gasteiger partial charge on any atom is 0.417 e. The Morgan fingerprint density at radius 1 is 1.23 bits per heavy atom. The summed E-state index contributed by atoms with van der Waals surface area (Å²) in [7, 11) is 0. The molecule has 140 valence electrons. The molecule has 8 nitrogen and oxygen atoms in total. The van der Waals surface area contributed by atoms with Crippen LogP contribution in [0.15, 0.2) is 27.4 Å². The van der Waals surface area contributed by atoms with Gasteiger partial charge in [-0.3, -0.25) is 14.7 Å². The summed E-state index contributed by atoms with van der Waals surface area (Å²) in [6.45, 7) is 9.41. The van der Waals surface area contributed by atoms with Gasteiger partial charge in [0.1, 0.15) is 11.1 Å². The molecule has 1 aliphatic heterocycles. The predicted molar refractivity (Wildman–Crippen MR) is 96.2 cm³/mol. The van der Waals surface area contributed by atoms with Crippen molar-refractivity contribution >= 4 is 28.8 Å². The Morgan fingerprint density at radius 3 is 2.58 bits per heavy atom. The minimum Gasteiger partial charge on any atom is -0.444 e. The molecule has 2 aromatic rings. The van der Waals surface area contributed by atoms with E-state index in [0.717, 1.165) is 0 Å². The number of anilines is 1. The molecule has 2 amide bonds. The maximum atomic E-state index is 13.0. The first-order valence-electron chi connectivity index (χ1n) is 8.44. The summed E-state index contributed by atoms with van der Waals surface area (Å²) in [5, 5.41) is 0. The average molecular weight is 361 g/mol. The highest BCUT2D eigenvalue weighted by Crippen LogP contribution is 2.30. The van der Waals surface area contributed by atoms with Crippen LogP contribution in [0.3, 0.4) is 0 Å². The van der Waals surface area contributed by atoms with E-state index in [9.17, 15) is 14.4 Å². The number of fused-ring (bicyclic) bond motifs is 1. The van der Waals surface area contributed by atoms with Crippen LogP contribution in [0.25, 0.3) is 11.1 Å². The van der Waals surface area contributed by atoms with E-state index < -0.39 is 23.0 Å². The van der Waals surface area contributed by atoms with Crippen molar-refractivity contribution in [1.29, 1.82) is 0 Å². The lowest BCUT2D eigenvalue weighted by Crippen LogP contribution is -2.65. The van der Waals surface area contributed by atoms with Gasteiger partial charge in [0.05, 0.1) is 5.52 Å². The zero-order chi connectivity index (χ0) is 19.3. The lowest BCUT2D eigenvalue weighted by molar-refractivity contribution is -0.131. The molecular weight excluding hydrogens is 338 g/mol. The molecule has 26 heavy (non-hydrogen) atoms. The van der Waals surface area contributed by atoms with E-state index in [1.807, 2.05) is 0 Å². The van der Waals surface area contributed by atoms with Crippen LogP contribution in [0.1, 0.15) is 34.6 Å². The van der Waals surface area contributed by atoms with Gasteiger partial charge in [0.2, 0.25) is 0 Å². The number of aromatic nitrogens is 1. The molecule has 0 radical (unpaired) electrons. The van der Waals surface area contributed by atoms with Gasteiger partial charge in [-0.2, -0.15) is 0 Å². The molecule has 0 atom stereocenters. The Balaban J connectivity index is 1.87. The summed E-state index contributed by atoms with van der Waals surface area (Å²) < 4.78 is 10.5. The van der Waals surface area contributed by atoms with Crippen molar-refractivity contribution in [1.82, 2.24) is 9.88 Å². The monoisotopic (exact) mass is 361 g/mol. The smallest absolute Gasteiger partial charge is 0.417 e. The van der Waals surface area contributed by atoms with Crippen molar-refractivity contribution in [2.75, 3.05) is 18.0 Å². The number of carbonyl (C=O) groups excluding carboxylic acids is 2. The van der Waals surface area contributed by atoms with Crippen LogP contribution in [-0.4, -0.2) is 46.1 Å². The predicted octanol–water partition coefficient (Wildman–Crippen LogP) is 2.48. The number of carbonyl (C=O) groups is 2. The second-order valence-electron chi connectivity index (χ2n) is 7.84. The fourth-order valence-corrected chi connectivity index (χ4v) is 3.01. The number of H-pyrrole nitrogens is 1. The first kappa shape index (κ1) is 18.0. The SMILES string of the molecule is CC(C)(C)OC(=O)N1CCN(c2ccc3[nH]c(=O)oc3c2)C(=O)C1(C)C. The summed E-state index contributed by atoms with van der Waals surface area (Å²) in [5.41, 5.74) is -0.133. The Morgan fingerprint density at radius 2 is 1.92 bits per heavy atom. The molecule has 0 bridgehead atoms. The van der Waals surface area contributed by atoms with Crippen LogP contribution in [0, 0.1) is 0 Å². The zero-order valence-electron chi connectivity index (χ0n) is 15.6. The van der Waals surface area contributed by atoms with E-state index in [2.05, 4.69) is 4.98 Å². The highest BCUT2D eigenvalue weighted by atomic mass is 16.6. The molecule has 0 saturated carbocycles. The van der Waals surface area contributed by atoms with Crippen molar-refractivity contribution in [3.05, 3.63) is 28.7 Å². The number of piperazine rings is 1. The van der Waals surface area contributed by atoms with Crippen molar-refractivity contribution < 1.29 is 18.7 Å². The van der Waals surface area contributed by atoms with Gasteiger partial charge in [-0.15, -0.1) is 0 Å². The number of benzene rings is 1. The molecule has 0 aliphatic carbocycles. The van der Waals surface area contributed by atoms with Crippen LogP contribution < -0.4 is 10.7 Å². The molecule has 0 unspecified atom stereocenters. The van der Waals surface area contributed by atoms with Gasteiger partial charge in [-0.05, 0) is 46.8 Å². The summed E-state index contributed by atoms with van der Waals surface area (Å²) >= 11 is 0. The van der Waals surface area contributed by atoms with Gasteiger partial charge >= 0.3 is 11.8 Å². The minimum absolute atomic E-state index is 0.230. The highest BCUT2D eigenvalue weighted by Gasteiger charge is 2.46. The van der Waals surface area contributed by atoms with Gasteiger partial charge < -0.3 is 14.1 Å². The third-order valence-electron chi connectivity index (χ3n) is 4.32. The summed E-state index contributed by atoms with van der Waals surface area (Å²) in [6, 6.07) is 5.07. The summed E-state index contributed by atoms with van der Waals surface area (Å²) in [5.74, 6) is -0.773. The third kappa shape index (κ3) is 3.18. The lowest BCUT2D eigenvalue weighted by atomic mass is 9.97. The molecule has 2 heterocycles. The van der Waals surface area contributed by atoms with Crippen LogP contribution in [0.5, 0.6) is 0 Å². The number of aromatic amines is 1. The van der Waals surface area contributed by atoms with E-state index in [1.54, 1.807) is 57.7 Å². The molecule has 1 aliphatic rings. The molecule has 1 saturated heterocycles. The molecule has 1 N–H and O–H groups in total.